The molecule has 3 nitrogen and oxygen atoms in total. The largest absolute Gasteiger partial charge is 0.455 e. The van der Waals surface area contributed by atoms with Crippen molar-refractivity contribution in [2.45, 2.75) is 19.3 Å². The van der Waals surface area contributed by atoms with Gasteiger partial charge in [0, 0.05) is 39.1 Å². The van der Waals surface area contributed by atoms with Crippen LogP contribution in [0.15, 0.2) is 138 Å². The summed E-state index contributed by atoms with van der Waals surface area (Å²) in [4.78, 5) is 9.97. The van der Waals surface area contributed by atoms with E-state index in [1.54, 1.807) is 0 Å². The van der Waals surface area contributed by atoms with Crippen LogP contribution in [-0.2, 0) is 5.41 Å². The normalized spacial score (nSPS) is 13.4. The van der Waals surface area contributed by atoms with Crippen LogP contribution in [0.1, 0.15) is 25.0 Å². The van der Waals surface area contributed by atoms with Crippen LogP contribution in [-0.4, -0.2) is 9.97 Å². The van der Waals surface area contributed by atoms with Gasteiger partial charge in [-0.1, -0.05) is 117 Å². The monoisotopic (exact) mass is 564 g/mol. The topological polar surface area (TPSA) is 38.9 Å². The highest BCUT2D eigenvalue weighted by Gasteiger charge is 2.36. The van der Waals surface area contributed by atoms with E-state index in [4.69, 9.17) is 14.4 Å². The molecule has 0 saturated carbocycles. The number of benzene rings is 5. The lowest BCUT2D eigenvalue weighted by molar-refractivity contribution is 0.660. The quantitative estimate of drug-likeness (QED) is 0.214. The summed E-state index contributed by atoms with van der Waals surface area (Å²) >= 11 is 0. The standard InChI is InChI=1S/C41H28N2O/c1-41(2)33-15-5-3-11-30(33)38-31(14-8-16-34(38)41)36-24-32(39-35(43-36)17-9-23-42-39)26-21-19-25(20-22-26)27-12-7-13-29-28-10-4-6-18-37(28)44-40(27)29/h3-24H,1-2H3. The van der Waals surface area contributed by atoms with Gasteiger partial charge in [0.1, 0.15) is 11.2 Å². The Balaban J connectivity index is 1.21. The molecule has 0 radical (unpaired) electrons. The van der Waals surface area contributed by atoms with Crippen LogP contribution < -0.4 is 0 Å². The van der Waals surface area contributed by atoms with Gasteiger partial charge >= 0.3 is 0 Å². The summed E-state index contributed by atoms with van der Waals surface area (Å²) in [6.45, 7) is 4.63. The molecule has 3 aromatic heterocycles. The molecule has 0 bridgehead atoms. The average Bonchev–Trinajstić information content (AvgIpc) is 3.57. The van der Waals surface area contributed by atoms with E-state index < -0.39 is 0 Å². The Labute approximate surface area is 255 Å². The second kappa shape index (κ2) is 9.23. The van der Waals surface area contributed by atoms with E-state index in [0.717, 1.165) is 66.5 Å². The van der Waals surface area contributed by atoms with Gasteiger partial charge in [-0.2, -0.15) is 0 Å². The van der Waals surface area contributed by atoms with Crippen LogP contribution in [0.25, 0.3) is 77.6 Å². The summed E-state index contributed by atoms with van der Waals surface area (Å²) in [6.07, 6.45) is 1.85. The molecule has 0 spiro atoms. The van der Waals surface area contributed by atoms with Crippen LogP contribution in [0.3, 0.4) is 0 Å². The number of nitrogens with zero attached hydrogens (tertiary/aromatic N) is 2. The summed E-state index contributed by atoms with van der Waals surface area (Å²) in [5, 5.41) is 2.28. The van der Waals surface area contributed by atoms with Gasteiger partial charge in [-0.15, -0.1) is 0 Å². The van der Waals surface area contributed by atoms with Gasteiger partial charge < -0.3 is 4.42 Å². The van der Waals surface area contributed by atoms with Gasteiger partial charge in [-0.25, -0.2) is 4.98 Å². The van der Waals surface area contributed by atoms with Crippen molar-refractivity contribution in [1.29, 1.82) is 0 Å². The molecule has 0 saturated heterocycles. The maximum absolute atomic E-state index is 6.33. The molecule has 1 aliphatic rings. The van der Waals surface area contributed by atoms with E-state index in [-0.39, 0.29) is 5.41 Å². The van der Waals surface area contributed by atoms with Crippen molar-refractivity contribution in [3.8, 4) is 44.6 Å². The molecule has 9 rings (SSSR count). The predicted molar refractivity (Wildman–Crippen MR) is 181 cm³/mol. The van der Waals surface area contributed by atoms with Crippen molar-refractivity contribution in [1.82, 2.24) is 9.97 Å². The Bertz CT molecular complexity index is 2410. The minimum atomic E-state index is -0.0678. The number of pyridine rings is 2. The number of aromatic nitrogens is 2. The van der Waals surface area contributed by atoms with Crippen molar-refractivity contribution >= 4 is 33.0 Å². The molecule has 0 fully saturated rings. The highest BCUT2D eigenvalue weighted by molar-refractivity contribution is 6.09. The maximum atomic E-state index is 6.33. The Morgan fingerprint density at radius 3 is 2.14 bits per heavy atom. The van der Waals surface area contributed by atoms with Gasteiger partial charge in [0.25, 0.3) is 0 Å². The number of para-hydroxylation sites is 2. The molecular weight excluding hydrogens is 536 g/mol. The minimum Gasteiger partial charge on any atom is -0.455 e. The second-order valence-electron chi connectivity index (χ2n) is 12.2. The zero-order valence-corrected chi connectivity index (χ0v) is 24.5. The maximum Gasteiger partial charge on any atom is 0.143 e. The molecule has 0 N–H and O–H groups in total. The summed E-state index contributed by atoms with van der Waals surface area (Å²) in [5.74, 6) is 0. The van der Waals surface area contributed by atoms with Crippen molar-refractivity contribution < 1.29 is 4.42 Å². The summed E-state index contributed by atoms with van der Waals surface area (Å²) in [5.41, 5.74) is 15.3. The van der Waals surface area contributed by atoms with E-state index in [1.165, 1.54) is 22.3 Å². The zero-order chi connectivity index (χ0) is 29.4. The Morgan fingerprint density at radius 2 is 1.25 bits per heavy atom. The van der Waals surface area contributed by atoms with Gasteiger partial charge in [0.05, 0.1) is 16.7 Å². The molecule has 5 aromatic carbocycles. The SMILES string of the molecule is CC1(C)c2ccccc2-c2c(-c3cc(-c4ccc(-c5cccc6c5oc5ccccc56)cc4)c4ncccc4n3)cccc21. The molecule has 208 valence electrons. The lowest BCUT2D eigenvalue weighted by atomic mass is 9.82. The molecule has 0 aliphatic heterocycles. The van der Waals surface area contributed by atoms with Gasteiger partial charge in [-0.3, -0.25) is 4.98 Å². The number of hydrogen-bond acceptors (Lipinski definition) is 3. The number of furan rings is 1. The highest BCUT2D eigenvalue weighted by Crippen LogP contribution is 2.52. The minimum absolute atomic E-state index is 0.0678. The van der Waals surface area contributed by atoms with Gasteiger partial charge in [0.15, 0.2) is 0 Å². The average molecular weight is 565 g/mol. The van der Waals surface area contributed by atoms with Crippen molar-refractivity contribution in [2.75, 3.05) is 0 Å². The smallest absolute Gasteiger partial charge is 0.143 e. The molecule has 0 unspecified atom stereocenters. The van der Waals surface area contributed by atoms with Crippen molar-refractivity contribution in [3.05, 3.63) is 145 Å². The fraction of sp³-hybridized carbons (Fsp3) is 0.0732. The van der Waals surface area contributed by atoms with Gasteiger partial charge in [0.2, 0.25) is 0 Å². The number of rotatable bonds is 3. The van der Waals surface area contributed by atoms with Crippen LogP contribution in [0.4, 0.5) is 0 Å². The van der Waals surface area contributed by atoms with Crippen LogP contribution in [0.5, 0.6) is 0 Å². The van der Waals surface area contributed by atoms with E-state index in [9.17, 15) is 0 Å². The van der Waals surface area contributed by atoms with Crippen LogP contribution in [0.2, 0.25) is 0 Å². The summed E-state index contributed by atoms with van der Waals surface area (Å²) in [7, 11) is 0. The fourth-order valence-electron chi connectivity index (χ4n) is 7.19. The van der Waals surface area contributed by atoms with E-state index in [2.05, 4.69) is 123 Å². The van der Waals surface area contributed by atoms with Crippen LogP contribution >= 0.6 is 0 Å². The summed E-state index contributed by atoms with van der Waals surface area (Å²) < 4.78 is 6.33. The van der Waals surface area contributed by atoms with Crippen molar-refractivity contribution in [2.24, 2.45) is 0 Å². The number of fused-ring (bicyclic) bond motifs is 7. The highest BCUT2D eigenvalue weighted by atomic mass is 16.3. The molecule has 1 aliphatic carbocycles. The first-order chi connectivity index (χ1) is 21.6. The Morgan fingerprint density at radius 1 is 0.568 bits per heavy atom. The molecule has 8 aromatic rings. The second-order valence-corrected chi connectivity index (χ2v) is 12.2. The molecule has 0 amide bonds. The molecule has 44 heavy (non-hydrogen) atoms. The van der Waals surface area contributed by atoms with Gasteiger partial charge in [-0.05, 0) is 57.6 Å². The fourth-order valence-corrected chi connectivity index (χ4v) is 7.19. The molecule has 3 heterocycles. The van der Waals surface area contributed by atoms with E-state index in [1.807, 2.05) is 24.4 Å². The molecule has 0 atom stereocenters. The Hall–Kier alpha value is -5.54. The lowest BCUT2D eigenvalue weighted by Crippen LogP contribution is -2.14. The first-order valence-corrected chi connectivity index (χ1v) is 15.1. The predicted octanol–water partition coefficient (Wildman–Crippen LogP) is 10.8. The van der Waals surface area contributed by atoms with E-state index >= 15 is 0 Å². The zero-order valence-electron chi connectivity index (χ0n) is 24.5. The third-order valence-electron chi connectivity index (χ3n) is 9.36. The van der Waals surface area contributed by atoms with E-state index in [0.29, 0.717) is 0 Å². The van der Waals surface area contributed by atoms with Crippen LogP contribution in [0, 0.1) is 0 Å². The first-order valence-electron chi connectivity index (χ1n) is 15.1. The molecular formula is C41H28N2O. The number of hydrogen-bond donors (Lipinski definition) is 0. The lowest BCUT2D eigenvalue weighted by Gasteiger charge is -2.21. The summed E-state index contributed by atoms with van der Waals surface area (Å²) in [6, 6.07) is 45.0. The third kappa shape index (κ3) is 3.56. The first kappa shape index (κ1) is 25.0. The third-order valence-corrected chi connectivity index (χ3v) is 9.36. The van der Waals surface area contributed by atoms with Crippen molar-refractivity contribution in [3.63, 3.8) is 0 Å². The Kier molecular flexibility index (Phi) is 5.24. The molecule has 3 heteroatoms.